The number of para-hydroxylation sites is 2. The molecule has 6 heteroatoms. The Morgan fingerprint density at radius 1 is 1.12 bits per heavy atom. The Morgan fingerprint density at radius 2 is 1.88 bits per heavy atom. The van der Waals surface area contributed by atoms with Crippen LogP contribution in [0.5, 0.6) is 5.75 Å². The summed E-state index contributed by atoms with van der Waals surface area (Å²) in [4.78, 5) is 24.4. The molecule has 0 saturated heterocycles. The van der Waals surface area contributed by atoms with Gasteiger partial charge < -0.3 is 9.57 Å². The number of hydrogen-bond acceptors (Lipinski definition) is 6. The van der Waals surface area contributed by atoms with Gasteiger partial charge in [0, 0.05) is 6.92 Å². The van der Waals surface area contributed by atoms with E-state index in [1.54, 1.807) is 6.07 Å². The fourth-order valence-electron chi connectivity index (χ4n) is 2.26. The molecular formula is C19H17N3O3. The minimum absolute atomic E-state index is 0.314. The first kappa shape index (κ1) is 16.6. The number of hydrogen-bond donors (Lipinski definition) is 0. The van der Waals surface area contributed by atoms with Crippen LogP contribution in [0.1, 0.15) is 23.9 Å². The number of aryl methyl sites for hydroxylation is 1. The van der Waals surface area contributed by atoms with Gasteiger partial charge in [-0.3, -0.25) is 0 Å². The molecule has 1 heterocycles. The maximum absolute atomic E-state index is 10.7. The first-order valence-corrected chi connectivity index (χ1v) is 7.78. The number of nitrogens with zero attached hydrogens (tertiary/aromatic N) is 3. The van der Waals surface area contributed by atoms with Gasteiger partial charge in [-0.15, -0.1) is 0 Å². The van der Waals surface area contributed by atoms with Gasteiger partial charge >= 0.3 is 5.97 Å². The van der Waals surface area contributed by atoms with Crippen LogP contribution in [0.4, 0.5) is 0 Å². The summed E-state index contributed by atoms with van der Waals surface area (Å²) in [6.07, 6.45) is 1.45. The minimum Gasteiger partial charge on any atom is -0.487 e. The molecule has 0 fully saturated rings. The second kappa shape index (κ2) is 7.53. The zero-order valence-corrected chi connectivity index (χ0v) is 14.0. The zero-order chi connectivity index (χ0) is 17.6. The molecule has 0 saturated carbocycles. The minimum atomic E-state index is -0.464. The van der Waals surface area contributed by atoms with Gasteiger partial charge in [0.25, 0.3) is 0 Å². The molecule has 0 N–H and O–H groups in total. The van der Waals surface area contributed by atoms with E-state index in [4.69, 9.17) is 4.74 Å². The SMILES string of the molecule is CC(=O)O/N=C\c1cccc(OCc2nc3ccccc3nc2C)c1. The van der Waals surface area contributed by atoms with E-state index >= 15 is 0 Å². The molecule has 1 aromatic heterocycles. The number of ether oxygens (including phenoxy) is 1. The van der Waals surface area contributed by atoms with Gasteiger partial charge in [0.05, 0.1) is 28.6 Å². The van der Waals surface area contributed by atoms with E-state index in [9.17, 15) is 4.79 Å². The number of benzene rings is 2. The van der Waals surface area contributed by atoms with Crippen molar-refractivity contribution in [3.8, 4) is 5.75 Å². The first-order valence-electron chi connectivity index (χ1n) is 7.78. The quantitative estimate of drug-likeness (QED) is 0.406. The van der Waals surface area contributed by atoms with Crippen molar-refractivity contribution >= 4 is 23.2 Å². The highest BCUT2D eigenvalue weighted by atomic mass is 16.7. The summed E-state index contributed by atoms with van der Waals surface area (Å²) in [5.41, 5.74) is 4.10. The van der Waals surface area contributed by atoms with Gasteiger partial charge in [0.1, 0.15) is 12.4 Å². The second-order valence-corrected chi connectivity index (χ2v) is 5.42. The molecule has 3 aromatic rings. The van der Waals surface area contributed by atoms with E-state index in [1.165, 1.54) is 13.1 Å². The van der Waals surface area contributed by atoms with E-state index in [2.05, 4.69) is 20.0 Å². The fraction of sp³-hybridized carbons (Fsp3) is 0.158. The predicted molar refractivity (Wildman–Crippen MR) is 94.4 cm³/mol. The molecule has 0 radical (unpaired) electrons. The molecule has 0 spiro atoms. The van der Waals surface area contributed by atoms with Gasteiger partial charge in [0.15, 0.2) is 0 Å². The Bertz CT molecular complexity index is 938. The lowest BCUT2D eigenvalue weighted by atomic mass is 10.2. The molecular weight excluding hydrogens is 318 g/mol. The summed E-state index contributed by atoms with van der Waals surface area (Å²) in [6, 6.07) is 15.1. The van der Waals surface area contributed by atoms with E-state index in [1.807, 2.05) is 49.4 Å². The summed E-state index contributed by atoms with van der Waals surface area (Å²) < 4.78 is 5.82. The van der Waals surface area contributed by atoms with E-state index in [0.29, 0.717) is 12.4 Å². The lowest BCUT2D eigenvalue weighted by molar-refractivity contribution is -0.140. The maximum atomic E-state index is 10.7. The van der Waals surface area contributed by atoms with Crippen molar-refractivity contribution in [3.05, 3.63) is 65.5 Å². The summed E-state index contributed by atoms with van der Waals surface area (Å²) in [7, 11) is 0. The molecule has 0 aliphatic rings. The molecule has 0 aliphatic carbocycles. The van der Waals surface area contributed by atoms with Crippen LogP contribution in [0.2, 0.25) is 0 Å². The monoisotopic (exact) mass is 335 g/mol. The highest BCUT2D eigenvalue weighted by Crippen LogP contribution is 2.17. The Balaban J connectivity index is 1.72. The number of carbonyl (C=O) groups is 1. The van der Waals surface area contributed by atoms with Crippen molar-refractivity contribution in [2.75, 3.05) is 0 Å². The average molecular weight is 335 g/mol. The van der Waals surface area contributed by atoms with Crippen molar-refractivity contribution in [2.45, 2.75) is 20.5 Å². The van der Waals surface area contributed by atoms with Crippen molar-refractivity contribution < 1.29 is 14.4 Å². The van der Waals surface area contributed by atoms with Gasteiger partial charge in [-0.05, 0) is 36.8 Å². The third-order valence-electron chi connectivity index (χ3n) is 3.46. The normalized spacial score (nSPS) is 11.0. The Labute approximate surface area is 145 Å². The maximum Gasteiger partial charge on any atom is 0.331 e. The molecule has 2 aromatic carbocycles. The molecule has 3 rings (SSSR count). The second-order valence-electron chi connectivity index (χ2n) is 5.42. The van der Waals surface area contributed by atoms with Crippen molar-refractivity contribution in [3.63, 3.8) is 0 Å². The van der Waals surface area contributed by atoms with Crippen molar-refractivity contribution in [1.29, 1.82) is 0 Å². The fourth-order valence-corrected chi connectivity index (χ4v) is 2.26. The van der Waals surface area contributed by atoms with Crippen LogP contribution in [0.3, 0.4) is 0 Å². The van der Waals surface area contributed by atoms with Crippen LogP contribution in [0.15, 0.2) is 53.7 Å². The summed E-state index contributed by atoms with van der Waals surface area (Å²) in [5.74, 6) is 0.204. The molecule has 126 valence electrons. The number of oxime groups is 1. The van der Waals surface area contributed by atoms with Crippen molar-refractivity contribution in [1.82, 2.24) is 9.97 Å². The van der Waals surface area contributed by atoms with Crippen LogP contribution in [-0.4, -0.2) is 22.2 Å². The Kier molecular flexibility index (Phi) is 4.99. The summed E-state index contributed by atoms with van der Waals surface area (Å²) in [5, 5.41) is 3.60. The lowest BCUT2D eigenvalue weighted by Crippen LogP contribution is -2.03. The lowest BCUT2D eigenvalue weighted by Gasteiger charge is -2.09. The predicted octanol–water partition coefficient (Wildman–Crippen LogP) is 3.41. The van der Waals surface area contributed by atoms with Crippen LogP contribution in [0.25, 0.3) is 11.0 Å². The van der Waals surface area contributed by atoms with Gasteiger partial charge in [-0.2, -0.15) is 0 Å². The smallest absolute Gasteiger partial charge is 0.331 e. The van der Waals surface area contributed by atoms with Crippen LogP contribution >= 0.6 is 0 Å². The number of rotatable bonds is 5. The topological polar surface area (TPSA) is 73.7 Å². The average Bonchev–Trinajstić information content (AvgIpc) is 2.60. The Hall–Kier alpha value is -3.28. The highest BCUT2D eigenvalue weighted by molar-refractivity contribution is 5.80. The van der Waals surface area contributed by atoms with Gasteiger partial charge in [0.2, 0.25) is 0 Å². The molecule has 25 heavy (non-hydrogen) atoms. The molecule has 0 bridgehead atoms. The highest BCUT2D eigenvalue weighted by Gasteiger charge is 2.06. The van der Waals surface area contributed by atoms with Gasteiger partial charge in [-0.25, -0.2) is 14.8 Å². The van der Waals surface area contributed by atoms with E-state index in [-0.39, 0.29) is 0 Å². The molecule has 0 unspecified atom stereocenters. The number of fused-ring (bicyclic) bond motifs is 1. The number of aromatic nitrogens is 2. The van der Waals surface area contributed by atoms with Gasteiger partial charge in [-0.1, -0.05) is 29.4 Å². The molecule has 6 nitrogen and oxygen atoms in total. The number of carbonyl (C=O) groups excluding carboxylic acids is 1. The summed E-state index contributed by atoms with van der Waals surface area (Å²) >= 11 is 0. The molecule has 0 atom stereocenters. The van der Waals surface area contributed by atoms with Crippen LogP contribution in [0, 0.1) is 6.92 Å². The van der Waals surface area contributed by atoms with Crippen LogP contribution in [-0.2, 0) is 16.2 Å². The van der Waals surface area contributed by atoms with E-state index in [0.717, 1.165) is 28.0 Å². The first-order chi connectivity index (χ1) is 12.1. The van der Waals surface area contributed by atoms with Crippen LogP contribution < -0.4 is 4.74 Å². The molecule has 0 aliphatic heterocycles. The zero-order valence-electron chi connectivity index (χ0n) is 14.0. The largest absolute Gasteiger partial charge is 0.487 e. The van der Waals surface area contributed by atoms with E-state index < -0.39 is 5.97 Å². The van der Waals surface area contributed by atoms with Crippen molar-refractivity contribution in [2.24, 2.45) is 5.16 Å². The third-order valence-corrected chi connectivity index (χ3v) is 3.46. The Morgan fingerprint density at radius 3 is 2.64 bits per heavy atom. The third kappa shape index (κ3) is 4.38. The standard InChI is InChI=1S/C19H17N3O3/c1-13-19(22-18-9-4-3-8-17(18)21-13)12-24-16-7-5-6-15(10-16)11-20-25-14(2)23/h3-11H,12H2,1-2H3/b20-11-. The summed E-state index contributed by atoms with van der Waals surface area (Å²) in [6.45, 7) is 3.53. The molecule has 0 amide bonds.